The fourth-order valence-corrected chi connectivity index (χ4v) is 8.04. The largest absolute Gasteiger partial charge is 0.472 e. The normalized spacial score (nSPS) is 34.3. The summed E-state index contributed by atoms with van der Waals surface area (Å²) < 4.78 is 41.6. The molecule has 9 atom stereocenters. The van der Waals surface area contributed by atoms with Crippen LogP contribution in [-0.2, 0) is 42.8 Å². The third kappa shape index (κ3) is 5.89. The molecule has 14 heteroatoms. The van der Waals surface area contributed by atoms with E-state index in [1.807, 2.05) is 0 Å². The van der Waals surface area contributed by atoms with Crippen LogP contribution in [-0.4, -0.2) is 94.0 Å². The van der Waals surface area contributed by atoms with Crippen molar-refractivity contribution in [1.29, 1.82) is 0 Å². The summed E-state index contributed by atoms with van der Waals surface area (Å²) in [4.78, 5) is 66.3. The number of esters is 5. The Morgan fingerprint density at radius 2 is 1.51 bits per heavy atom. The summed E-state index contributed by atoms with van der Waals surface area (Å²) in [6.07, 6.45) is -6.32. The minimum absolute atomic E-state index is 0.0126. The minimum Gasteiger partial charge on any atom is -0.472 e. The molecule has 0 unspecified atom stereocenters. The third-order valence-electron chi connectivity index (χ3n) is 9.86. The highest BCUT2D eigenvalue weighted by atomic mass is 16.6. The summed E-state index contributed by atoms with van der Waals surface area (Å²) >= 11 is 0. The zero-order valence-corrected chi connectivity index (χ0v) is 28.4. The Kier molecular flexibility index (Phi) is 9.47. The second-order valence-corrected chi connectivity index (χ2v) is 13.9. The zero-order chi connectivity index (χ0) is 36.1. The highest BCUT2D eigenvalue weighted by Crippen LogP contribution is 2.69. The summed E-state index contributed by atoms with van der Waals surface area (Å²) in [6.45, 7) is 9.04. The molecule has 14 nitrogen and oxygen atoms in total. The van der Waals surface area contributed by atoms with Gasteiger partial charge in [0.2, 0.25) is 0 Å². The Balaban J connectivity index is 1.85. The van der Waals surface area contributed by atoms with Gasteiger partial charge in [0.1, 0.15) is 36.1 Å². The van der Waals surface area contributed by atoms with Gasteiger partial charge in [-0.15, -0.1) is 0 Å². The van der Waals surface area contributed by atoms with E-state index in [2.05, 4.69) is 0 Å². The summed E-state index contributed by atoms with van der Waals surface area (Å²) in [5.74, 6) is -6.18. The first-order valence-electron chi connectivity index (χ1n) is 16.0. The van der Waals surface area contributed by atoms with Crippen LogP contribution in [0.4, 0.5) is 0 Å². The third-order valence-corrected chi connectivity index (χ3v) is 9.86. The van der Waals surface area contributed by atoms with Gasteiger partial charge >= 0.3 is 29.8 Å². The predicted molar refractivity (Wildman–Crippen MR) is 166 cm³/mol. The summed E-state index contributed by atoms with van der Waals surface area (Å²) in [5.41, 5.74) is -8.09. The van der Waals surface area contributed by atoms with Crippen LogP contribution in [0.1, 0.15) is 75.6 Å². The molecule has 2 heterocycles. The van der Waals surface area contributed by atoms with E-state index in [0.717, 1.165) is 20.1 Å². The molecule has 49 heavy (non-hydrogen) atoms. The lowest BCUT2D eigenvalue weighted by Crippen LogP contribution is -2.85. The Morgan fingerprint density at radius 1 is 0.878 bits per heavy atom. The number of fused-ring (bicyclic) bond motifs is 1. The van der Waals surface area contributed by atoms with Crippen molar-refractivity contribution < 1.29 is 67.0 Å². The lowest BCUT2D eigenvalue weighted by atomic mass is 9.45. The van der Waals surface area contributed by atoms with E-state index in [1.165, 1.54) is 31.4 Å². The smallest absolute Gasteiger partial charge is 0.341 e. The molecule has 2 N–H and O–H groups in total. The van der Waals surface area contributed by atoms with Gasteiger partial charge in [0.05, 0.1) is 46.5 Å². The first-order valence-corrected chi connectivity index (χ1v) is 16.0. The van der Waals surface area contributed by atoms with Crippen molar-refractivity contribution >= 4 is 29.8 Å². The van der Waals surface area contributed by atoms with Gasteiger partial charge in [-0.05, 0) is 39.0 Å². The molecule has 1 aromatic carbocycles. The fraction of sp³-hybridized carbons (Fsp3) is 0.571. The van der Waals surface area contributed by atoms with Crippen LogP contribution in [0.2, 0.25) is 0 Å². The number of hydrogen-bond acceptors (Lipinski definition) is 14. The van der Waals surface area contributed by atoms with Gasteiger partial charge < -0.3 is 43.1 Å². The summed E-state index contributed by atoms with van der Waals surface area (Å²) in [5, 5.41) is 25.0. The molecule has 2 aromatic rings. The highest BCUT2D eigenvalue weighted by molar-refractivity contribution is 5.90. The van der Waals surface area contributed by atoms with Crippen molar-refractivity contribution in [2.45, 2.75) is 102 Å². The Labute approximate surface area is 282 Å². The number of furan rings is 1. The maximum absolute atomic E-state index is 14.0. The molecule has 0 radical (unpaired) electrons. The topological polar surface area (TPSA) is 194 Å². The van der Waals surface area contributed by atoms with E-state index < -0.39 is 107 Å². The van der Waals surface area contributed by atoms with E-state index in [-0.39, 0.29) is 11.1 Å². The van der Waals surface area contributed by atoms with E-state index in [0.29, 0.717) is 0 Å². The quantitative estimate of drug-likeness (QED) is 0.289. The van der Waals surface area contributed by atoms with Gasteiger partial charge in [-0.3, -0.25) is 14.4 Å². The van der Waals surface area contributed by atoms with Crippen LogP contribution in [0.3, 0.4) is 0 Å². The second-order valence-electron chi connectivity index (χ2n) is 13.9. The Hall–Kier alpha value is -4.27. The monoisotopic (exact) mass is 686 g/mol. The molecule has 3 aliphatic rings. The van der Waals surface area contributed by atoms with Crippen LogP contribution in [0.25, 0.3) is 0 Å². The van der Waals surface area contributed by atoms with E-state index >= 15 is 0 Å². The summed E-state index contributed by atoms with van der Waals surface area (Å²) in [7, 11) is 0. The second kappa shape index (κ2) is 12.9. The molecule has 2 aliphatic carbocycles. The van der Waals surface area contributed by atoms with Crippen LogP contribution >= 0.6 is 0 Å². The first-order chi connectivity index (χ1) is 22.9. The van der Waals surface area contributed by atoms with E-state index in [4.69, 9.17) is 32.8 Å². The molecule has 3 fully saturated rings. The lowest BCUT2D eigenvalue weighted by molar-refractivity contribution is -0.362. The zero-order valence-electron chi connectivity index (χ0n) is 28.4. The average molecular weight is 687 g/mol. The van der Waals surface area contributed by atoms with Gasteiger partial charge in [-0.25, -0.2) is 9.59 Å². The standard InChI is InChI=1S/C35H42O14/c1-18(2)29(39)44-17-34-27(46-20(4)37)23(45-19(3)36)15-33(7,42)35(34)26(38)24(32(5,6)49-35)25(47-31(41)22-13-14-43-16-22)28(34)48-30(40)21-11-9-8-10-12-21/h8-14,16,18,23-28,38,42H,15,17H2,1-7H3/t23-,24+,25-,26+,27-,28+,33-,34-,35-/m0/s1. The molecular weight excluding hydrogens is 644 g/mol. The molecule has 1 spiro atoms. The van der Waals surface area contributed by atoms with Gasteiger partial charge in [-0.2, -0.15) is 0 Å². The van der Waals surface area contributed by atoms with E-state index in [1.54, 1.807) is 45.9 Å². The van der Waals surface area contributed by atoms with Gasteiger partial charge in [0.25, 0.3) is 0 Å². The molecular formula is C35H42O14. The maximum Gasteiger partial charge on any atom is 0.341 e. The number of carbonyl (C=O) groups excluding carboxylic acids is 5. The molecule has 2 bridgehead atoms. The van der Waals surface area contributed by atoms with Crippen molar-refractivity contribution in [2.24, 2.45) is 17.3 Å². The molecule has 1 aromatic heterocycles. The van der Waals surface area contributed by atoms with Crippen molar-refractivity contribution in [3.05, 3.63) is 60.1 Å². The highest BCUT2D eigenvalue weighted by Gasteiger charge is 2.88. The number of rotatable bonds is 9. The average Bonchev–Trinajstić information content (AvgIpc) is 3.61. The Bertz CT molecular complexity index is 1580. The van der Waals surface area contributed by atoms with E-state index in [9.17, 15) is 34.2 Å². The SMILES string of the molecule is CC(=O)O[C@H]1C[C@](C)(O)[C@]23OC(C)(C)[C@H]([C@H](OC(=O)c4ccoc4)[C@@H](OC(=O)c4ccccc4)[C@]2(COC(=O)C(C)C)[C@H]1OC(C)=O)[C@H]3O. The number of ether oxygens (including phenoxy) is 6. The van der Waals surface area contributed by atoms with Gasteiger partial charge in [-0.1, -0.05) is 32.0 Å². The van der Waals surface area contributed by atoms with Crippen LogP contribution in [0.15, 0.2) is 53.3 Å². The van der Waals surface area contributed by atoms with Crippen LogP contribution < -0.4 is 0 Å². The number of aliphatic hydroxyl groups is 2. The molecule has 1 saturated heterocycles. The predicted octanol–water partition coefficient (Wildman–Crippen LogP) is 2.77. The number of benzene rings is 1. The first kappa shape index (κ1) is 36.0. The molecule has 1 aliphatic heterocycles. The van der Waals surface area contributed by atoms with Crippen molar-refractivity contribution in [3.8, 4) is 0 Å². The maximum atomic E-state index is 14.0. The molecule has 0 amide bonds. The summed E-state index contributed by atoms with van der Waals surface area (Å²) in [6, 6.07) is 9.17. The minimum atomic E-state index is -2.29. The van der Waals surface area contributed by atoms with Crippen molar-refractivity contribution in [2.75, 3.05) is 6.61 Å². The van der Waals surface area contributed by atoms with Crippen molar-refractivity contribution in [1.82, 2.24) is 0 Å². The van der Waals surface area contributed by atoms with Gasteiger partial charge in [0.15, 0.2) is 12.2 Å². The number of carbonyl (C=O) groups is 5. The molecule has 266 valence electrons. The number of aliphatic hydroxyl groups excluding tert-OH is 1. The lowest BCUT2D eigenvalue weighted by Gasteiger charge is -2.66. The van der Waals surface area contributed by atoms with Gasteiger partial charge in [0, 0.05) is 20.3 Å². The number of hydrogen-bond donors (Lipinski definition) is 2. The molecule has 2 saturated carbocycles. The Morgan fingerprint density at radius 3 is 2.08 bits per heavy atom. The fourth-order valence-electron chi connectivity index (χ4n) is 8.04. The molecule has 5 rings (SSSR count). The van der Waals surface area contributed by atoms with Crippen LogP contribution in [0.5, 0.6) is 0 Å². The van der Waals surface area contributed by atoms with Crippen molar-refractivity contribution in [3.63, 3.8) is 0 Å². The van der Waals surface area contributed by atoms with Crippen LogP contribution in [0, 0.1) is 17.3 Å².